The first-order chi connectivity index (χ1) is 8.49. The van der Waals surface area contributed by atoms with E-state index in [9.17, 15) is 9.59 Å². The standard InChI is InChI=1S/C13H17N3O2/c1-16(2)13(18)9-15-12(17)8-5-10-3-6-11(14)7-4-10/h3-8H,9,14H2,1-2H3,(H,15,17)/b8-5+. The van der Waals surface area contributed by atoms with E-state index in [0.717, 1.165) is 5.56 Å². The molecule has 5 nitrogen and oxygen atoms in total. The van der Waals surface area contributed by atoms with Gasteiger partial charge in [0.15, 0.2) is 0 Å². The zero-order chi connectivity index (χ0) is 13.5. The molecule has 2 amide bonds. The second-order valence-electron chi connectivity index (χ2n) is 4.01. The van der Waals surface area contributed by atoms with Gasteiger partial charge < -0.3 is 16.0 Å². The van der Waals surface area contributed by atoms with E-state index in [2.05, 4.69) is 5.32 Å². The third kappa shape index (κ3) is 4.69. The van der Waals surface area contributed by atoms with Gasteiger partial charge in [-0.2, -0.15) is 0 Å². The third-order valence-corrected chi connectivity index (χ3v) is 2.28. The van der Waals surface area contributed by atoms with Crippen molar-refractivity contribution < 1.29 is 9.59 Å². The Bertz CT molecular complexity index is 450. The van der Waals surface area contributed by atoms with Crippen molar-refractivity contribution >= 4 is 23.6 Å². The molecule has 1 aromatic carbocycles. The van der Waals surface area contributed by atoms with Crippen molar-refractivity contribution in [2.24, 2.45) is 0 Å². The number of nitrogens with one attached hydrogen (secondary N) is 1. The van der Waals surface area contributed by atoms with Crippen molar-refractivity contribution in [3.63, 3.8) is 0 Å². The van der Waals surface area contributed by atoms with E-state index in [1.54, 1.807) is 32.3 Å². The van der Waals surface area contributed by atoms with Crippen LogP contribution in [0.2, 0.25) is 0 Å². The molecule has 5 heteroatoms. The lowest BCUT2D eigenvalue weighted by Gasteiger charge is -2.09. The average Bonchev–Trinajstić information content (AvgIpc) is 2.35. The molecule has 1 aromatic rings. The molecule has 0 saturated heterocycles. The number of carbonyl (C=O) groups is 2. The molecule has 0 bridgehead atoms. The van der Waals surface area contributed by atoms with Crippen molar-refractivity contribution in [2.75, 3.05) is 26.4 Å². The number of hydrogen-bond acceptors (Lipinski definition) is 3. The molecule has 0 atom stereocenters. The molecule has 0 fully saturated rings. The van der Waals surface area contributed by atoms with Crippen molar-refractivity contribution in [3.8, 4) is 0 Å². The van der Waals surface area contributed by atoms with E-state index in [-0.39, 0.29) is 18.4 Å². The molecule has 0 aliphatic heterocycles. The van der Waals surface area contributed by atoms with Crippen LogP contribution in [0.5, 0.6) is 0 Å². The molecule has 0 aliphatic rings. The second-order valence-corrected chi connectivity index (χ2v) is 4.01. The van der Waals surface area contributed by atoms with Crippen LogP contribution in [0.15, 0.2) is 30.3 Å². The van der Waals surface area contributed by atoms with Gasteiger partial charge in [-0.15, -0.1) is 0 Å². The minimum Gasteiger partial charge on any atom is -0.399 e. The summed E-state index contributed by atoms with van der Waals surface area (Å²) in [4.78, 5) is 24.1. The molecule has 0 aliphatic carbocycles. The van der Waals surface area contributed by atoms with Gasteiger partial charge in [0, 0.05) is 25.9 Å². The van der Waals surface area contributed by atoms with Gasteiger partial charge in [-0.25, -0.2) is 0 Å². The zero-order valence-corrected chi connectivity index (χ0v) is 10.5. The topological polar surface area (TPSA) is 75.4 Å². The summed E-state index contributed by atoms with van der Waals surface area (Å²) < 4.78 is 0. The molecule has 0 saturated carbocycles. The van der Waals surface area contributed by atoms with E-state index in [4.69, 9.17) is 5.73 Å². The Hall–Kier alpha value is -2.30. The molecule has 0 heterocycles. The Labute approximate surface area is 106 Å². The monoisotopic (exact) mass is 247 g/mol. The van der Waals surface area contributed by atoms with E-state index in [1.807, 2.05) is 12.1 Å². The number of nitrogens with zero attached hydrogens (tertiary/aromatic N) is 1. The second kappa shape index (κ2) is 6.44. The maximum atomic E-state index is 11.4. The Morgan fingerprint density at radius 2 is 1.89 bits per heavy atom. The Morgan fingerprint density at radius 3 is 2.44 bits per heavy atom. The molecular weight excluding hydrogens is 230 g/mol. The third-order valence-electron chi connectivity index (χ3n) is 2.28. The predicted octanol–water partition coefficient (Wildman–Crippen LogP) is 0.486. The van der Waals surface area contributed by atoms with Gasteiger partial charge in [0.25, 0.3) is 0 Å². The van der Waals surface area contributed by atoms with Crippen LogP contribution in [-0.2, 0) is 9.59 Å². The Kier molecular flexibility index (Phi) is 4.92. The lowest BCUT2D eigenvalue weighted by Crippen LogP contribution is -2.35. The molecular formula is C13H17N3O2. The first-order valence-electron chi connectivity index (χ1n) is 5.50. The highest BCUT2D eigenvalue weighted by Gasteiger charge is 2.04. The van der Waals surface area contributed by atoms with Gasteiger partial charge >= 0.3 is 0 Å². The number of nitrogens with two attached hydrogens (primary N) is 1. The summed E-state index contributed by atoms with van der Waals surface area (Å²) in [6.45, 7) is -0.00207. The van der Waals surface area contributed by atoms with Crippen LogP contribution in [0.25, 0.3) is 6.08 Å². The highest BCUT2D eigenvalue weighted by molar-refractivity contribution is 5.94. The van der Waals surface area contributed by atoms with Gasteiger partial charge in [0.05, 0.1) is 6.54 Å². The van der Waals surface area contributed by atoms with Crippen molar-refractivity contribution in [2.45, 2.75) is 0 Å². The lowest BCUT2D eigenvalue weighted by atomic mass is 10.2. The summed E-state index contributed by atoms with van der Waals surface area (Å²) in [6, 6.07) is 7.13. The van der Waals surface area contributed by atoms with Crippen LogP contribution in [0.1, 0.15) is 5.56 Å². The molecule has 0 aromatic heterocycles. The summed E-state index contributed by atoms with van der Waals surface area (Å²) in [7, 11) is 3.28. The van der Waals surface area contributed by atoms with Crippen molar-refractivity contribution in [1.82, 2.24) is 10.2 Å². The van der Waals surface area contributed by atoms with E-state index < -0.39 is 0 Å². The molecule has 1 rings (SSSR count). The molecule has 96 valence electrons. The van der Waals surface area contributed by atoms with Gasteiger partial charge in [-0.3, -0.25) is 9.59 Å². The van der Waals surface area contributed by atoms with Crippen molar-refractivity contribution in [3.05, 3.63) is 35.9 Å². The zero-order valence-electron chi connectivity index (χ0n) is 10.5. The largest absolute Gasteiger partial charge is 0.399 e. The van der Waals surface area contributed by atoms with Gasteiger partial charge in [-0.1, -0.05) is 12.1 Å². The quantitative estimate of drug-likeness (QED) is 0.600. The van der Waals surface area contributed by atoms with Crippen LogP contribution >= 0.6 is 0 Å². The highest BCUT2D eigenvalue weighted by atomic mass is 16.2. The summed E-state index contributed by atoms with van der Waals surface area (Å²) in [5.74, 6) is -0.453. The first kappa shape index (κ1) is 13.8. The number of hydrogen-bond donors (Lipinski definition) is 2. The first-order valence-corrected chi connectivity index (χ1v) is 5.50. The fourth-order valence-electron chi connectivity index (χ4n) is 1.16. The minimum absolute atomic E-state index is 0.00207. The lowest BCUT2D eigenvalue weighted by molar-refractivity contribution is -0.129. The SMILES string of the molecule is CN(C)C(=O)CNC(=O)/C=C/c1ccc(N)cc1. The van der Waals surface area contributed by atoms with Gasteiger partial charge in [0.2, 0.25) is 11.8 Å². The van der Waals surface area contributed by atoms with Crippen molar-refractivity contribution in [1.29, 1.82) is 0 Å². The smallest absolute Gasteiger partial charge is 0.244 e. The van der Waals surface area contributed by atoms with E-state index in [0.29, 0.717) is 5.69 Å². The predicted molar refractivity (Wildman–Crippen MR) is 71.6 cm³/mol. The molecule has 0 unspecified atom stereocenters. The highest BCUT2D eigenvalue weighted by Crippen LogP contribution is 2.06. The summed E-state index contributed by atoms with van der Waals surface area (Å²) in [6.07, 6.45) is 3.05. The number of anilines is 1. The fourth-order valence-corrected chi connectivity index (χ4v) is 1.16. The number of carbonyl (C=O) groups excluding carboxylic acids is 2. The van der Waals surface area contributed by atoms with Crippen LogP contribution in [-0.4, -0.2) is 37.4 Å². The number of nitrogen functional groups attached to an aromatic ring is 1. The number of amides is 2. The maximum Gasteiger partial charge on any atom is 0.244 e. The average molecular weight is 247 g/mol. The summed E-state index contributed by atoms with van der Waals surface area (Å²) >= 11 is 0. The number of likely N-dealkylation sites (N-methyl/N-ethyl adjacent to an activating group) is 1. The van der Waals surface area contributed by atoms with E-state index in [1.165, 1.54) is 11.0 Å². The van der Waals surface area contributed by atoms with Gasteiger partial charge in [0.1, 0.15) is 0 Å². The minimum atomic E-state index is -0.304. The Balaban J connectivity index is 2.45. The summed E-state index contributed by atoms with van der Waals surface area (Å²) in [5.41, 5.74) is 7.09. The van der Waals surface area contributed by atoms with Crippen LogP contribution < -0.4 is 11.1 Å². The van der Waals surface area contributed by atoms with E-state index >= 15 is 0 Å². The summed E-state index contributed by atoms with van der Waals surface area (Å²) in [5, 5.41) is 2.50. The molecule has 0 spiro atoms. The number of rotatable bonds is 4. The molecule has 18 heavy (non-hydrogen) atoms. The molecule has 0 radical (unpaired) electrons. The van der Waals surface area contributed by atoms with Crippen LogP contribution in [0.4, 0.5) is 5.69 Å². The number of benzene rings is 1. The Morgan fingerprint density at radius 1 is 1.28 bits per heavy atom. The van der Waals surface area contributed by atoms with Gasteiger partial charge in [-0.05, 0) is 23.8 Å². The molecule has 3 N–H and O–H groups in total. The fraction of sp³-hybridized carbons (Fsp3) is 0.231. The van der Waals surface area contributed by atoms with Crippen LogP contribution in [0.3, 0.4) is 0 Å². The maximum absolute atomic E-state index is 11.4. The van der Waals surface area contributed by atoms with Crippen LogP contribution in [0, 0.1) is 0 Å². The normalized spacial score (nSPS) is 10.3.